The fourth-order valence-corrected chi connectivity index (χ4v) is 1.34. The number of carbonyl (C=O) groups is 1. The molecule has 1 amide bonds. The Kier molecular flexibility index (Phi) is 4.31. The minimum atomic E-state index is 0.00598. The number of amides is 1. The van der Waals surface area contributed by atoms with Crippen LogP contribution < -0.4 is 11.1 Å². The van der Waals surface area contributed by atoms with Gasteiger partial charge in [0.05, 0.1) is 6.42 Å². The Balaban J connectivity index is 2.44. The van der Waals surface area contributed by atoms with E-state index in [1.165, 1.54) is 5.56 Å². The third kappa shape index (κ3) is 4.61. The first-order valence-corrected chi connectivity index (χ1v) is 5.16. The van der Waals surface area contributed by atoms with Gasteiger partial charge in [0.2, 0.25) is 5.91 Å². The molecular weight excluding hydrogens is 188 g/mol. The molecule has 0 saturated heterocycles. The molecule has 3 nitrogen and oxygen atoms in total. The molecule has 0 spiro atoms. The predicted molar refractivity (Wildman–Crippen MR) is 61.5 cm³/mol. The van der Waals surface area contributed by atoms with Gasteiger partial charge in [-0.3, -0.25) is 4.79 Å². The smallest absolute Gasteiger partial charge is 0.224 e. The number of nitrogens with two attached hydrogens (primary N) is 1. The summed E-state index contributed by atoms with van der Waals surface area (Å²) in [6, 6.07) is 7.96. The Morgan fingerprint density at radius 1 is 1.53 bits per heavy atom. The molecule has 82 valence electrons. The van der Waals surface area contributed by atoms with Gasteiger partial charge in [0, 0.05) is 12.6 Å². The lowest BCUT2D eigenvalue weighted by Gasteiger charge is -2.07. The first-order chi connectivity index (χ1) is 7.08. The minimum Gasteiger partial charge on any atom is -0.354 e. The van der Waals surface area contributed by atoms with Crippen LogP contribution in [0.2, 0.25) is 0 Å². The van der Waals surface area contributed by atoms with Gasteiger partial charge in [-0.2, -0.15) is 0 Å². The Morgan fingerprint density at radius 3 is 2.87 bits per heavy atom. The van der Waals surface area contributed by atoms with Gasteiger partial charge >= 0.3 is 0 Å². The molecule has 0 aliphatic rings. The van der Waals surface area contributed by atoms with Crippen LogP contribution in [0.3, 0.4) is 0 Å². The Labute approximate surface area is 90.7 Å². The van der Waals surface area contributed by atoms with Crippen LogP contribution in [0.5, 0.6) is 0 Å². The summed E-state index contributed by atoms with van der Waals surface area (Å²) in [5.41, 5.74) is 7.76. The zero-order valence-corrected chi connectivity index (χ0v) is 9.29. The minimum absolute atomic E-state index is 0.00598. The van der Waals surface area contributed by atoms with E-state index in [-0.39, 0.29) is 11.9 Å². The van der Waals surface area contributed by atoms with Crippen LogP contribution in [0.1, 0.15) is 18.1 Å². The summed E-state index contributed by atoms with van der Waals surface area (Å²) in [4.78, 5) is 11.5. The third-order valence-electron chi connectivity index (χ3n) is 2.07. The molecule has 0 heterocycles. The van der Waals surface area contributed by atoms with Crippen LogP contribution in [-0.2, 0) is 11.2 Å². The lowest BCUT2D eigenvalue weighted by molar-refractivity contribution is -0.120. The highest BCUT2D eigenvalue weighted by atomic mass is 16.1. The molecule has 0 aromatic heterocycles. The van der Waals surface area contributed by atoms with E-state index in [0.717, 1.165) is 5.56 Å². The van der Waals surface area contributed by atoms with Crippen molar-refractivity contribution in [3.05, 3.63) is 35.4 Å². The summed E-state index contributed by atoms with van der Waals surface area (Å²) in [7, 11) is 0. The van der Waals surface area contributed by atoms with Gasteiger partial charge in [0.25, 0.3) is 0 Å². The molecule has 0 fully saturated rings. The van der Waals surface area contributed by atoms with Gasteiger partial charge in [0.15, 0.2) is 0 Å². The van der Waals surface area contributed by atoms with Crippen molar-refractivity contribution >= 4 is 5.91 Å². The van der Waals surface area contributed by atoms with Crippen LogP contribution in [0.25, 0.3) is 0 Å². The van der Waals surface area contributed by atoms with E-state index in [4.69, 9.17) is 5.73 Å². The second kappa shape index (κ2) is 5.51. The van der Waals surface area contributed by atoms with Crippen LogP contribution in [0.4, 0.5) is 0 Å². The fourth-order valence-electron chi connectivity index (χ4n) is 1.34. The molecule has 0 aliphatic heterocycles. The Hall–Kier alpha value is -1.35. The number of hydrogen-bond donors (Lipinski definition) is 2. The SMILES string of the molecule is Cc1cccc(CC(=O)NCC(C)N)c1. The molecule has 1 rings (SSSR count). The molecule has 0 bridgehead atoms. The highest BCUT2D eigenvalue weighted by Gasteiger charge is 2.03. The van der Waals surface area contributed by atoms with Crippen molar-refractivity contribution in [2.45, 2.75) is 26.3 Å². The number of benzene rings is 1. The number of aryl methyl sites for hydroxylation is 1. The van der Waals surface area contributed by atoms with E-state index in [1.54, 1.807) is 0 Å². The summed E-state index contributed by atoms with van der Waals surface area (Å²) >= 11 is 0. The van der Waals surface area contributed by atoms with Crippen LogP contribution in [0.15, 0.2) is 24.3 Å². The molecule has 3 N–H and O–H groups in total. The molecule has 15 heavy (non-hydrogen) atoms. The summed E-state index contributed by atoms with van der Waals surface area (Å²) in [6.45, 7) is 4.42. The summed E-state index contributed by atoms with van der Waals surface area (Å²) in [6.07, 6.45) is 0.425. The van der Waals surface area contributed by atoms with Gasteiger partial charge < -0.3 is 11.1 Å². The van der Waals surface area contributed by atoms with E-state index in [1.807, 2.05) is 38.1 Å². The summed E-state index contributed by atoms with van der Waals surface area (Å²) < 4.78 is 0. The van der Waals surface area contributed by atoms with Gasteiger partial charge in [0.1, 0.15) is 0 Å². The van der Waals surface area contributed by atoms with Crippen molar-refractivity contribution in [2.24, 2.45) is 5.73 Å². The van der Waals surface area contributed by atoms with E-state index in [2.05, 4.69) is 5.32 Å². The monoisotopic (exact) mass is 206 g/mol. The van der Waals surface area contributed by atoms with Crippen molar-refractivity contribution < 1.29 is 4.79 Å². The lowest BCUT2D eigenvalue weighted by atomic mass is 10.1. The second-order valence-electron chi connectivity index (χ2n) is 3.95. The molecule has 0 radical (unpaired) electrons. The predicted octanol–water partition coefficient (Wildman–Crippen LogP) is 1.00. The van der Waals surface area contributed by atoms with Crippen LogP contribution in [-0.4, -0.2) is 18.5 Å². The average molecular weight is 206 g/mol. The average Bonchev–Trinajstić information content (AvgIpc) is 2.15. The van der Waals surface area contributed by atoms with Crippen molar-refractivity contribution in [1.29, 1.82) is 0 Å². The summed E-state index contributed by atoms with van der Waals surface area (Å²) in [5.74, 6) is 0.0258. The first-order valence-electron chi connectivity index (χ1n) is 5.16. The molecule has 1 unspecified atom stereocenters. The molecule has 1 aromatic carbocycles. The normalized spacial score (nSPS) is 12.2. The second-order valence-corrected chi connectivity index (χ2v) is 3.95. The zero-order chi connectivity index (χ0) is 11.3. The van der Waals surface area contributed by atoms with Gasteiger partial charge in [-0.1, -0.05) is 29.8 Å². The quantitative estimate of drug-likeness (QED) is 0.772. The van der Waals surface area contributed by atoms with Crippen molar-refractivity contribution in [2.75, 3.05) is 6.54 Å². The van der Waals surface area contributed by atoms with Crippen molar-refractivity contribution in [3.63, 3.8) is 0 Å². The molecular formula is C12H18N2O. The van der Waals surface area contributed by atoms with Crippen LogP contribution >= 0.6 is 0 Å². The standard InChI is InChI=1S/C12H18N2O/c1-9-4-3-5-11(6-9)7-12(15)14-8-10(2)13/h3-6,10H,7-8,13H2,1-2H3,(H,14,15). The largest absolute Gasteiger partial charge is 0.354 e. The highest BCUT2D eigenvalue weighted by Crippen LogP contribution is 2.04. The molecule has 1 atom stereocenters. The molecule has 1 aromatic rings. The van der Waals surface area contributed by atoms with Gasteiger partial charge in [-0.05, 0) is 19.4 Å². The maximum absolute atomic E-state index is 11.5. The van der Waals surface area contributed by atoms with E-state index in [9.17, 15) is 4.79 Å². The summed E-state index contributed by atoms with van der Waals surface area (Å²) in [5, 5.41) is 2.79. The maximum atomic E-state index is 11.5. The molecule has 0 saturated carbocycles. The zero-order valence-electron chi connectivity index (χ0n) is 9.29. The van der Waals surface area contributed by atoms with E-state index >= 15 is 0 Å². The highest BCUT2D eigenvalue weighted by molar-refractivity contribution is 5.78. The van der Waals surface area contributed by atoms with E-state index in [0.29, 0.717) is 13.0 Å². The molecule has 3 heteroatoms. The number of nitrogens with one attached hydrogen (secondary N) is 1. The van der Waals surface area contributed by atoms with E-state index < -0.39 is 0 Å². The number of rotatable bonds is 4. The first kappa shape index (κ1) is 11.7. The lowest BCUT2D eigenvalue weighted by Crippen LogP contribution is -2.35. The van der Waals surface area contributed by atoms with Crippen molar-refractivity contribution in [1.82, 2.24) is 5.32 Å². The van der Waals surface area contributed by atoms with Gasteiger partial charge in [-0.15, -0.1) is 0 Å². The topological polar surface area (TPSA) is 55.1 Å². The maximum Gasteiger partial charge on any atom is 0.224 e. The molecule has 0 aliphatic carbocycles. The Bertz CT molecular complexity index is 334. The van der Waals surface area contributed by atoms with Crippen LogP contribution in [0, 0.1) is 6.92 Å². The number of carbonyl (C=O) groups excluding carboxylic acids is 1. The fraction of sp³-hybridized carbons (Fsp3) is 0.417. The third-order valence-corrected chi connectivity index (χ3v) is 2.07. The van der Waals surface area contributed by atoms with Gasteiger partial charge in [-0.25, -0.2) is 0 Å². The van der Waals surface area contributed by atoms with Crippen molar-refractivity contribution in [3.8, 4) is 0 Å². The Morgan fingerprint density at radius 2 is 2.27 bits per heavy atom. The number of hydrogen-bond acceptors (Lipinski definition) is 2.